The van der Waals surface area contributed by atoms with E-state index >= 15 is 0 Å². The van der Waals surface area contributed by atoms with Gasteiger partial charge in [-0.05, 0) is 44.0 Å². The lowest BCUT2D eigenvalue weighted by Crippen LogP contribution is -2.41. The molecule has 1 aliphatic heterocycles. The number of fused-ring (bicyclic) bond motifs is 1. The lowest BCUT2D eigenvalue weighted by Gasteiger charge is -2.29. The van der Waals surface area contributed by atoms with Crippen molar-refractivity contribution in [1.29, 1.82) is 0 Å². The molecular weight excluding hydrogens is 356 g/mol. The number of aryl methyl sites for hydroxylation is 1. The Morgan fingerprint density at radius 1 is 1.39 bits per heavy atom. The van der Waals surface area contributed by atoms with Crippen molar-refractivity contribution >= 4 is 35.2 Å². The second kappa shape index (κ2) is 6.24. The van der Waals surface area contributed by atoms with Crippen molar-refractivity contribution in [2.24, 2.45) is 0 Å². The highest BCUT2D eigenvalue weighted by Crippen LogP contribution is 2.41. The van der Waals surface area contributed by atoms with Crippen LogP contribution in [0.1, 0.15) is 23.6 Å². The monoisotopic (exact) mass is 368 g/mol. The van der Waals surface area contributed by atoms with E-state index in [4.69, 9.17) is 27.9 Å². The van der Waals surface area contributed by atoms with Crippen LogP contribution < -0.4 is 4.74 Å². The van der Waals surface area contributed by atoms with Crippen molar-refractivity contribution in [1.82, 2.24) is 0 Å². The van der Waals surface area contributed by atoms with Crippen molar-refractivity contribution in [3.63, 3.8) is 0 Å². The minimum atomic E-state index is -4.78. The maximum absolute atomic E-state index is 13.2. The van der Waals surface area contributed by atoms with Crippen LogP contribution in [0.2, 0.25) is 5.02 Å². The molecule has 0 bridgehead atoms. The molecule has 0 spiro atoms. The summed E-state index contributed by atoms with van der Waals surface area (Å²) in [5, 5.41) is 0.396. The first kappa shape index (κ1) is 17.9. The first-order chi connectivity index (χ1) is 10.5. The van der Waals surface area contributed by atoms with Crippen molar-refractivity contribution in [3.8, 4) is 5.75 Å². The molecule has 0 saturated carbocycles. The van der Waals surface area contributed by atoms with Crippen molar-refractivity contribution in [3.05, 3.63) is 33.4 Å². The molecule has 0 N–H and O–H groups in total. The summed E-state index contributed by atoms with van der Waals surface area (Å²) in [5.74, 6) is -1.17. The van der Waals surface area contributed by atoms with Gasteiger partial charge < -0.3 is 9.47 Å². The molecule has 1 unspecified atom stereocenters. The number of carbonyl (C=O) groups is 1. The number of hydrogen-bond donors (Lipinski definition) is 0. The predicted molar refractivity (Wildman–Crippen MR) is 80.8 cm³/mol. The van der Waals surface area contributed by atoms with Gasteiger partial charge in [-0.3, -0.25) is 0 Å². The molecule has 2 atom stereocenters. The number of halogens is 5. The summed E-state index contributed by atoms with van der Waals surface area (Å²) in [7, 11) is 0. The second-order valence-electron chi connectivity index (χ2n) is 5.13. The fraction of sp³-hybridized carbons (Fsp3) is 0.400. The van der Waals surface area contributed by atoms with E-state index in [0.717, 1.165) is 6.08 Å². The van der Waals surface area contributed by atoms with Gasteiger partial charge >= 0.3 is 12.1 Å². The topological polar surface area (TPSA) is 35.5 Å². The molecule has 2 rings (SSSR count). The number of benzene rings is 1. The summed E-state index contributed by atoms with van der Waals surface area (Å²) in [6.07, 6.45) is -6.10. The maximum Gasteiger partial charge on any atom is 0.430 e. The fourth-order valence-electron chi connectivity index (χ4n) is 2.26. The zero-order valence-electron chi connectivity index (χ0n) is 12.4. The maximum atomic E-state index is 13.2. The van der Waals surface area contributed by atoms with E-state index in [1.807, 2.05) is 0 Å². The largest absolute Gasteiger partial charge is 0.475 e. The smallest absolute Gasteiger partial charge is 0.430 e. The van der Waals surface area contributed by atoms with Crippen LogP contribution in [0.4, 0.5) is 13.2 Å². The molecule has 1 heterocycles. The average molecular weight is 369 g/mol. The normalized spacial score (nSPS) is 18.6. The van der Waals surface area contributed by atoms with Gasteiger partial charge in [0.05, 0.1) is 5.57 Å². The Kier molecular flexibility index (Phi) is 4.87. The standard InChI is InChI=1S/C15H13Cl2F3O3/c1-6-4-11-9(7(2)12(6)17)5-10(14(21)22-8(3)16)13(23-11)15(18,19)20/h4-5,8,13H,1-3H3/t8?,13-/m0/s1. The van der Waals surface area contributed by atoms with Crippen molar-refractivity contribution in [2.75, 3.05) is 0 Å². The molecule has 126 valence electrons. The Morgan fingerprint density at radius 2 is 2.00 bits per heavy atom. The lowest BCUT2D eigenvalue weighted by atomic mass is 9.96. The van der Waals surface area contributed by atoms with Crippen LogP contribution in [0.3, 0.4) is 0 Å². The average Bonchev–Trinajstić information content (AvgIpc) is 2.42. The van der Waals surface area contributed by atoms with Crippen LogP contribution in [0, 0.1) is 13.8 Å². The zero-order chi connectivity index (χ0) is 17.5. The van der Waals surface area contributed by atoms with E-state index in [-0.39, 0.29) is 5.75 Å². The summed E-state index contributed by atoms with van der Waals surface area (Å²) in [6.45, 7) is 4.62. The lowest BCUT2D eigenvalue weighted by molar-refractivity contribution is -0.188. The van der Waals surface area contributed by atoms with Crippen molar-refractivity contribution < 1.29 is 27.4 Å². The highest BCUT2D eigenvalue weighted by atomic mass is 35.5. The quantitative estimate of drug-likeness (QED) is 0.555. The Bertz CT molecular complexity index is 682. The molecule has 0 saturated heterocycles. The van der Waals surface area contributed by atoms with Gasteiger partial charge in [0.2, 0.25) is 6.10 Å². The third kappa shape index (κ3) is 3.58. The molecule has 0 aromatic heterocycles. The number of carbonyl (C=O) groups excluding carboxylic acids is 1. The molecule has 23 heavy (non-hydrogen) atoms. The second-order valence-corrected chi connectivity index (χ2v) is 6.12. The van der Waals surface area contributed by atoms with Gasteiger partial charge in [-0.1, -0.05) is 23.2 Å². The van der Waals surface area contributed by atoms with Crippen LogP contribution in [0.25, 0.3) is 6.08 Å². The predicted octanol–water partition coefficient (Wildman–Crippen LogP) is 4.79. The molecule has 1 aliphatic rings. The van der Waals surface area contributed by atoms with Crippen molar-refractivity contribution in [2.45, 2.75) is 38.6 Å². The molecule has 3 nitrogen and oxygen atoms in total. The number of esters is 1. The Hall–Kier alpha value is -1.40. The summed E-state index contributed by atoms with van der Waals surface area (Å²) < 4.78 is 49.4. The van der Waals surface area contributed by atoms with Crippen LogP contribution in [-0.2, 0) is 9.53 Å². The van der Waals surface area contributed by atoms with Gasteiger partial charge in [-0.2, -0.15) is 13.2 Å². The molecule has 1 aromatic carbocycles. The molecule has 0 fully saturated rings. The van der Waals surface area contributed by atoms with Crippen LogP contribution in [0.15, 0.2) is 11.6 Å². The number of alkyl halides is 4. The third-order valence-electron chi connectivity index (χ3n) is 3.32. The van der Waals surface area contributed by atoms with Crippen LogP contribution in [0.5, 0.6) is 5.75 Å². The molecule has 8 heteroatoms. The summed E-state index contributed by atoms with van der Waals surface area (Å²) in [6, 6.07) is 1.41. The van der Waals surface area contributed by atoms with Gasteiger partial charge in [0, 0.05) is 10.6 Å². The highest BCUT2D eigenvalue weighted by molar-refractivity contribution is 6.32. The highest BCUT2D eigenvalue weighted by Gasteiger charge is 2.49. The Morgan fingerprint density at radius 3 is 2.52 bits per heavy atom. The van der Waals surface area contributed by atoms with Gasteiger partial charge in [0.25, 0.3) is 0 Å². The van der Waals surface area contributed by atoms with Gasteiger partial charge in [-0.25, -0.2) is 4.79 Å². The minimum absolute atomic E-state index is 0.0159. The first-order valence-electron chi connectivity index (χ1n) is 6.62. The summed E-state index contributed by atoms with van der Waals surface area (Å²) in [4.78, 5) is 12.0. The Labute approximate surface area is 141 Å². The van der Waals surface area contributed by atoms with E-state index in [0.29, 0.717) is 21.7 Å². The zero-order valence-corrected chi connectivity index (χ0v) is 13.9. The van der Waals surface area contributed by atoms with E-state index in [2.05, 4.69) is 4.74 Å². The molecule has 0 radical (unpaired) electrons. The number of ether oxygens (including phenoxy) is 2. The molecule has 1 aromatic rings. The van der Waals surface area contributed by atoms with E-state index < -0.39 is 29.4 Å². The SMILES string of the molecule is Cc1cc2c(c(C)c1Cl)C=C(C(=O)OC(C)Cl)[C@@H](C(F)(F)F)O2. The van der Waals surface area contributed by atoms with E-state index in [1.54, 1.807) is 13.8 Å². The van der Waals surface area contributed by atoms with Gasteiger partial charge in [0.1, 0.15) is 5.75 Å². The summed E-state index contributed by atoms with van der Waals surface area (Å²) >= 11 is 11.6. The number of hydrogen-bond acceptors (Lipinski definition) is 3. The third-order valence-corrected chi connectivity index (χ3v) is 3.99. The summed E-state index contributed by atoms with van der Waals surface area (Å²) in [5.41, 5.74) is -0.318. The molecule has 0 aliphatic carbocycles. The van der Waals surface area contributed by atoms with Gasteiger partial charge in [-0.15, -0.1) is 0 Å². The minimum Gasteiger partial charge on any atom is -0.475 e. The van der Waals surface area contributed by atoms with Gasteiger partial charge in [0.15, 0.2) is 5.56 Å². The number of rotatable bonds is 2. The van der Waals surface area contributed by atoms with E-state index in [1.165, 1.54) is 13.0 Å². The Balaban J connectivity index is 2.59. The van der Waals surface area contributed by atoms with Crippen LogP contribution in [-0.4, -0.2) is 23.8 Å². The molecule has 0 amide bonds. The first-order valence-corrected chi connectivity index (χ1v) is 7.43. The van der Waals surface area contributed by atoms with E-state index in [9.17, 15) is 18.0 Å². The fourth-order valence-corrected chi connectivity index (χ4v) is 2.50. The molecular formula is C15H13Cl2F3O3. The van der Waals surface area contributed by atoms with Crippen LogP contribution >= 0.6 is 23.2 Å².